The Kier molecular flexibility index (Phi) is 4.15. The molecule has 2 heterocycles. The van der Waals surface area contributed by atoms with Gasteiger partial charge >= 0.3 is 0 Å². The van der Waals surface area contributed by atoms with Crippen molar-refractivity contribution < 1.29 is 0 Å². The second kappa shape index (κ2) is 6.45. The molecule has 0 amide bonds. The van der Waals surface area contributed by atoms with Gasteiger partial charge in [0.1, 0.15) is 0 Å². The SMILES string of the molecule is C=CC1=CC2=CC=CNC2C(C2CCNCC2)c2ccc(C)cc21. The highest BCUT2D eigenvalue weighted by molar-refractivity contribution is 5.80. The number of hydrogen-bond acceptors (Lipinski definition) is 2. The van der Waals surface area contributed by atoms with E-state index in [1.165, 1.54) is 40.7 Å². The maximum absolute atomic E-state index is 4.09. The van der Waals surface area contributed by atoms with Crippen LogP contribution in [0, 0.1) is 12.8 Å². The monoisotopic (exact) mass is 318 g/mol. The zero-order valence-corrected chi connectivity index (χ0v) is 14.4. The summed E-state index contributed by atoms with van der Waals surface area (Å²) in [5.74, 6) is 1.21. The van der Waals surface area contributed by atoms with Gasteiger partial charge in [0.2, 0.25) is 0 Å². The average molecular weight is 318 g/mol. The molecule has 3 aliphatic rings. The molecular formula is C22H26N2. The smallest absolute Gasteiger partial charge is 0.0580 e. The van der Waals surface area contributed by atoms with Crippen LogP contribution in [0.4, 0.5) is 0 Å². The van der Waals surface area contributed by atoms with Crippen LogP contribution >= 0.6 is 0 Å². The molecule has 2 N–H and O–H groups in total. The van der Waals surface area contributed by atoms with Gasteiger partial charge in [-0.1, -0.05) is 42.5 Å². The average Bonchev–Trinajstić information content (AvgIpc) is 2.76. The van der Waals surface area contributed by atoms with E-state index in [0.717, 1.165) is 13.1 Å². The fourth-order valence-electron chi connectivity index (χ4n) is 4.51. The van der Waals surface area contributed by atoms with Crippen molar-refractivity contribution in [3.63, 3.8) is 0 Å². The van der Waals surface area contributed by atoms with Crippen LogP contribution in [0.2, 0.25) is 0 Å². The van der Waals surface area contributed by atoms with Gasteiger partial charge in [0.05, 0.1) is 6.04 Å². The molecule has 0 bridgehead atoms. The molecule has 1 aliphatic carbocycles. The van der Waals surface area contributed by atoms with Crippen LogP contribution in [0.1, 0.15) is 35.4 Å². The lowest BCUT2D eigenvalue weighted by molar-refractivity contribution is 0.290. The van der Waals surface area contributed by atoms with Gasteiger partial charge in [-0.15, -0.1) is 0 Å². The van der Waals surface area contributed by atoms with E-state index < -0.39 is 0 Å². The van der Waals surface area contributed by atoms with E-state index in [-0.39, 0.29) is 0 Å². The third-order valence-electron chi connectivity index (χ3n) is 5.69. The number of nitrogens with one attached hydrogen (secondary N) is 2. The quantitative estimate of drug-likeness (QED) is 0.859. The lowest BCUT2D eigenvalue weighted by atomic mass is 9.73. The van der Waals surface area contributed by atoms with Crippen LogP contribution < -0.4 is 10.6 Å². The Morgan fingerprint density at radius 1 is 1.21 bits per heavy atom. The summed E-state index contributed by atoms with van der Waals surface area (Å²) in [4.78, 5) is 0. The predicted molar refractivity (Wildman–Crippen MR) is 102 cm³/mol. The summed E-state index contributed by atoms with van der Waals surface area (Å²) in [5.41, 5.74) is 6.79. The fraction of sp³-hybridized carbons (Fsp3) is 0.364. The number of rotatable bonds is 2. The molecule has 2 atom stereocenters. The van der Waals surface area contributed by atoms with Crippen LogP contribution in [0.15, 0.2) is 60.9 Å². The normalized spacial score (nSPS) is 26.4. The van der Waals surface area contributed by atoms with Crippen LogP contribution in [0.3, 0.4) is 0 Å². The largest absolute Gasteiger partial charge is 0.383 e. The minimum atomic E-state index is 0.358. The van der Waals surface area contributed by atoms with Crippen LogP contribution in [-0.4, -0.2) is 19.1 Å². The summed E-state index contributed by atoms with van der Waals surface area (Å²) in [6.45, 7) is 8.53. The molecule has 0 radical (unpaired) electrons. The first-order valence-corrected chi connectivity index (χ1v) is 9.06. The standard InChI is InChI=1S/C22H26N2/c1-3-16-14-18-5-4-10-24-22(18)21(17-8-11-23-12-9-17)19-7-6-15(2)13-20(16)19/h3-7,10,13-14,17,21-24H,1,8-9,11-12H2,2H3. The molecule has 0 spiro atoms. The second-order valence-corrected chi connectivity index (χ2v) is 7.18. The summed E-state index contributed by atoms with van der Waals surface area (Å²) in [6, 6.07) is 7.32. The second-order valence-electron chi connectivity index (χ2n) is 7.18. The molecule has 1 fully saturated rings. The van der Waals surface area contributed by atoms with E-state index in [9.17, 15) is 0 Å². The lowest BCUT2D eigenvalue weighted by Gasteiger charge is -2.38. The number of piperidine rings is 1. The minimum absolute atomic E-state index is 0.358. The summed E-state index contributed by atoms with van der Waals surface area (Å²) < 4.78 is 0. The highest BCUT2D eigenvalue weighted by Gasteiger charge is 2.36. The summed E-state index contributed by atoms with van der Waals surface area (Å²) in [5, 5.41) is 7.18. The summed E-state index contributed by atoms with van der Waals surface area (Å²) >= 11 is 0. The molecule has 124 valence electrons. The Morgan fingerprint density at radius 3 is 2.83 bits per heavy atom. The Hall–Kier alpha value is -2.06. The molecule has 24 heavy (non-hydrogen) atoms. The van der Waals surface area contributed by atoms with Crippen molar-refractivity contribution in [2.75, 3.05) is 13.1 Å². The maximum atomic E-state index is 4.09. The van der Waals surface area contributed by atoms with Crippen LogP contribution in [-0.2, 0) is 0 Å². The Bertz CT molecular complexity index is 732. The van der Waals surface area contributed by atoms with Gasteiger partial charge in [-0.2, -0.15) is 0 Å². The van der Waals surface area contributed by atoms with E-state index in [0.29, 0.717) is 17.9 Å². The first-order chi connectivity index (χ1) is 11.8. The van der Waals surface area contributed by atoms with Gasteiger partial charge in [-0.3, -0.25) is 0 Å². The molecule has 1 aromatic rings. The third-order valence-corrected chi connectivity index (χ3v) is 5.69. The van der Waals surface area contributed by atoms with Gasteiger partial charge in [-0.25, -0.2) is 0 Å². The number of allylic oxidation sites excluding steroid dienone is 4. The van der Waals surface area contributed by atoms with Gasteiger partial charge in [0.25, 0.3) is 0 Å². The molecular weight excluding hydrogens is 292 g/mol. The number of benzene rings is 1. The Morgan fingerprint density at radius 2 is 2.04 bits per heavy atom. The molecule has 2 heteroatoms. The van der Waals surface area contributed by atoms with Gasteiger partial charge in [0, 0.05) is 5.92 Å². The van der Waals surface area contributed by atoms with E-state index in [1.54, 1.807) is 0 Å². The van der Waals surface area contributed by atoms with Crippen molar-refractivity contribution in [2.45, 2.75) is 31.7 Å². The molecule has 2 nitrogen and oxygen atoms in total. The number of fused-ring (bicyclic) bond motifs is 2. The molecule has 0 saturated carbocycles. The van der Waals surface area contributed by atoms with E-state index >= 15 is 0 Å². The fourth-order valence-corrected chi connectivity index (χ4v) is 4.51. The Labute approximate surface area is 145 Å². The maximum Gasteiger partial charge on any atom is 0.0580 e. The molecule has 4 rings (SSSR count). The van der Waals surface area contributed by atoms with Crippen LogP contribution in [0.5, 0.6) is 0 Å². The molecule has 2 unspecified atom stereocenters. The topological polar surface area (TPSA) is 24.1 Å². The van der Waals surface area contributed by atoms with Crippen molar-refractivity contribution in [3.8, 4) is 0 Å². The number of aryl methyl sites for hydroxylation is 1. The lowest BCUT2D eigenvalue weighted by Crippen LogP contribution is -2.41. The van der Waals surface area contributed by atoms with Gasteiger partial charge < -0.3 is 10.6 Å². The van der Waals surface area contributed by atoms with Crippen molar-refractivity contribution in [2.24, 2.45) is 5.92 Å². The highest BCUT2D eigenvalue weighted by Crippen LogP contribution is 2.43. The molecule has 0 aromatic heterocycles. The van der Waals surface area contributed by atoms with Gasteiger partial charge in [-0.05, 0) is 79.4 Å². The van der Waals surface area contributed by atoms with E-state index in [2.05, 4.69) is 66.8 Å². The predicted octanol–water partition coefficient (Wildman–Crippen LogP) is 4.07. The molecule has 2 aliphatic heterocycles. The molecule has 1 aromatic carbocycles. The van der Waals surface area contributed by atoms with Crippen molar-refractivity contribution in [1.29, 1.82) is 0 Å². The first kappa shape index (κ1) is 15.5. The number of dihydropyridines is 1. The number of hydrogen-bond donors (Lipinski definition) is 2. The molecule has 1 saturated heterocycles. The van der Waals surface area contributed by atoms with Crippen molar-refractivity contribution in [3.05, 3.63) is 77.5 Å². The van der Waals surface area contributed by atoms with Crippen molar-refractivity contribution >= 4 is 5.57 Å². The minimum Gasteiger partial charge on any atom is -0.383 e. The zero-order chi connectivity index (χ0) is 16.5. The highest BCUT2D eigenvalue weighted by atomic mass is 14.9. The Balaban J connectivity index is 1.89. The summed E-state index contributed by atoms with van der Waals surface area (Å²) in [7, 11) is 0. The van der Waals surface area contributed by atoms with Gasteiger partial charge in [0.15, 0.2) is 0 Å². The zero-order valence-electron chi connectivity index (χ0n) is 14.4. The van der Waals surface area contributed by atoms with Crippen molar-refractivity contribution in [1.82, 2.24) is 10.6 Å². The van der Waals surface area contributed by atoms with E-state index in [4.69, 9.17) is 0 Å². The first-order valence-electron chi connectivity index (χ1n) is 9.06. The van der Waals surface area contributed by atoms with Crippen LogP contribution in [0.25, 0.3) is 5.57 Å². The summed E-state index contributed by atoms with van der Waals surface area (Å²) in [6.07, 6.45) is 13.3. The van der Waals surface area contributed by atoms with E-state index in [1.807, 2.05) is 6.08 Å². The third kappa shape index (κ3) is 2.65.